The average molecular weight is 264 g/mol. The number of nitrogens with zero attached hydrogens (tertiary/aromatic N) is 2. The average Bonchev–Trinajstić information content (AvgIpc) is 2.52. The first-order chi connectivity index (χ1) is 9.79. The third kappa shape index (κ3) is 8.59. The summed E-state index contributed by atoms with van der Waals surface area (Å²) in [5, 5.41) is 0. The van der Waals surface area contributed by atoms with Gasteiger partial charge in [-0.1, -0.05) is 48.5 Å². The zero-order valence-corrected chi connectivity index (χ0v) is 12.0. The summed E-state index contributed by atoms with van der Waals surface area (Å²) < 4.78 is 0. The van der Waals surface area contributed by atoms with Gasteiger partial charge in [0.15, 0.2) is 0 Å². The minimum atomic E-state index is 1.07. The molecule has 0 saturated carbocycles. The fraction of sp³-hybridized carbons (Fsp3) is 0.111. The van der Waals surface area contributed by atoms with Gasteiger partial charge in [-0.3, -0.25) is 9.97 Å². The number of benzene rings is 1. The largest absolute Gasteiger partial charge is 0.264 e. The second-order valence-corrected chi connectivity index (χ2v) is 4.16. The predicted octanol–water partition coefficient (Wildman–Crippen LogP) is 4.47. The molecule has 0 bridgehead atoms. The van der Waals surface area contributed by atoms with Crippen LogP contribution in [-0.2, 0) is 0 Å². The van der Waals surface area contributed by atoms with E-state index in [9.17, 15) is 0 Å². The van der Waals surface area contributed by atoms with Crippen molar-refractivity contribution in [3.05, 3.63) is 96.6 Å². The molecule has 0 saturated heterocycles. The summed E-state index contributed by atoms with van der Waals surface area (Å²) >= 11 is 0. The van der Waals surface area contributed by atoms with E-state index < -0.39 is 0 Å². The Labute approximate surface area is 121 Å². The Morgan fingerprint density at radius 2 is 1.30 bits per heavy atom. The molecule has 0 N–H and O–H groups in total. The van der Waals surface area contributed by atoms with Gasteiger partial charge in [-0.05, 0) is 37.6 Å². The molecule has 3 rings (SSSR count). The molecule has 1 aromatic carbocycles. The van der Waals surface area contributed by atoms with Gasteiger partial charge in [-0.25, -0.2) is 0 Å². The Bertz CT molecular complexity index is 472. The lowest BCUT2D eigenvalue weighted by atomic mass is 10.3. The van der Waals surface area contributed by atoms with E-state index in [1.54, 1.807) is 12.4 Å². The molecular weight excluding hydrogens is 244 g/mol. The van der Waals surface area contributed by atoms with Gasteiger partial charge in [-0.2, -0.15) is 0 Å². The van der Waals surface area contributed by atoms with Crippen molar-refractivity contribution < 1.29 is 0 Å². The Balaban J connectivity index is 0.000000151. The van der Waals surface area contributed by atoms with E-state index in [1.807, 2.05) is 86.8 Å². The van der Waals surface area contributed by atoms with Gasteiger partial charge in [0.1, 0.15) is 0 Å². The van der Waals surface area contributed by atoms with E-state index in [4.69, 9.17) is 0 Å². The Kier molecular flexibility index (Phi) is 8.13. The molecule has 2 heteroatoms. The van der Waals surface area contributed by atoms with Crippen molar-refractivity contribution in [1.29, 1.82) is 0 Å². The Morgan fingerprint density at radius 1 is 0.650 bits per heavy atom. The van der Waals surface area contributed by atoms with Crippen LogP contribution in [0.15, 0.2) is 85.3 Å². The molecule has 2 aromatic heterocycles. The molecule has 2 nitrogen and oxygen atoms in total. The fourth-order valence-electron chi connectivity index (χ4n) is 1.28. The normalized spacial score (nSPS) is 8.50. The summed E-state index contributed by atoms with van der Waals surface area (Å²) in [6, 6.07) is 21.8. The number of aryl methyl sites for hydroxylation is 2. The standard InChI is InChI=1S/2C6H7N.C6H6/c1-6-3-2-4-7-5-6;1-6-4-2-3-5-7-6;1-2-4-6-5-3-1/h2*2-5H,1H3;1-6H. The second-order valence-electron chi connectivity index (χ2n) is 4.16. The predicted molar refractivity (Wildman–Crippen MR) is 84.4 cm³/mol. The molecule has 0 aliphatic rings. The van der Waals surface area contributed by atoms with Crippen LogP contribution in [0.1, 0.15) is 11.3 Å². The molecule has 0 aliphatic heterocycles. The number of hydrogen-bond acceptors (Lipinski definition) is 2. The molecule has 0 aliphatic carbocycles. The van der Waals surface area contributed by atoms with Crippen LogP contribution < -0.4 is 0 Å². The molecule has 2 heterocycles. The van der Waals surface area contributed by atoms with Crippen LogP contribution >= 0.6 is 0 Å². The molecule has 102 valence electrons. The van der Waals surface area contributed by atoms with E-state index in [2.05, 4.69) is 9.97 Å². The van der Waals surface area contributed by atoms with Crippen LogP contribution in [-0.4, -0.2) is 9.97 Å². The van der Waals surface area contributed by atoms with Crippen LogP contribution in [0, 0.1) is 13.8 Å². The first-order valence-corrected chi connectivity index (χ1v) is 6.53. The molecule has 0 amide bonds. The quantitative estimate of drug-likeness (QED) is 0.599. The molecular formula is C18H20N2. The highest BCUT2D eigenvalue weighted by Crippen LogP contribution is 1.88. The lowest BCUT2D eigenvalue weighted by Gasteiger charge is -1.82. The number of rotatable bonds is 0. The van der Waals surface area contributed by atoms with Gasteiger partial charge in [0, 0.05) is 24.3 Å². The van der Waals surface area contributed by atoms with Crippen molar-refractivity contribution in [2.45, 2.75) is 13.8 Å². The molecule has 20 heavy (non-hydrogen) atoms. The first kappa shape index (κ1) is 15.6. The molecule has 0 spiro atoms. The van der Waals surface area contributed by atoms with Crippen molar-refractivity contribution in [1.82, 2.24) is 9.97 Å². The van der Waals surface area contributed by atoms with Gasteiger partial charge in [0.05, 0.1) is 0 Å². The van der Waals surface area contributed by atoms with Gasteiger partial charge >= 0.3 is 0 Å². The van der Waals surface area contributed by atoms with Crippen LogP contribution in [0.4, 0.5) is 0 Å². The first-order valence-electron chi connectivity index (χ1n) is 6.53. The smallest absolute Gasteiger partial charge is 0.0372 e. The topological polar surface area (TPSA) is 25.8 Å². The Morgan fingerprint density at radius 3 is 1.55 bits per heavy atom. The zero-order valence-electron chi connectivity index (χ0n) is 12.0. The summed E-state index contributed by atoms with van der Waals surface area (Å²) in [5.41, 5.74) is 2.28. The lowest BCUT2D eigenvalue weighted by molar-refractivity contribution is 1.20. The van der Waals surface area contributed by atoms with Crippen molar-refractivity contribution in [3.8, 4) is 0 Å². The highest BCUT2D eigenvalue weighted by molar-refractivity contribution is 5.04. The third-order valence-electron chi connectivity index (χ3n) is 2.29. The van der Waals surface area contributed by atoms with Gasteiger partial charge in [-0.15, -0.1) is 0 Å². The second kappa shape index (κ2) is 10.4. The molecule has 0 atom stereocenters. The monoisotopic (exact) mass is 264 g/mol. The highest BCUT2D eigenvalue weighted by atomic mass is 14.6. The van der Waals surface area contributed by atoms with Gasteiger partial charge < -0.3 is 0 Å². The molecule has 0 radical (unpaired) electrons. The maximum Gasteiger partial charge on any atom is 0.0372 e. The molecule has 0 fully saturated rings. The highest BCUT2D eigenvalue weighted by Gasteiger charge is 1.74. The number of pyridine rings is 2. The molecule has 0 unspecified atom stereocenters. The third-order valence-corrected chi connectivity index (χ3v) is 2.29. The summed E-state index contributed by atoms with van der Waals surface area (Å²) in [7, 11) is 0. The van der Waals surface area contributed by atoms with E-state index in [0.717, 1.165) is 5.69 Å². The lowest BCUT2D eigenvalue weighted by Crippen LogP contribution is -1.72. The maximum atomic E-state index is 3.98. The Hall–Kier alpha value is -2.48. The fourth-order valence-corrected chi connectivity index (χ4v) is 1.28. The summed E-state index contributed by atoms with van der Waals surface area (Å²) in [6.45, 7) is 3.99. The molecule has 3 aromatic rings. The van der Waals surface area contributed by atoms with E-state index in [-0.39, 0.29) is 0 Å². The van der Waals surface area contributed by atoms with Gasteiger partial charge in [0.25, 0.3) is 0 Å². The maximum absolute atomic E-state index is 3.98. The zero-order chi connectivity index (χ0) is 14.5. The van der Waals surface area contributed by atoms with Crippen molar-refractivity contribution >= 4 is 0 Å². The van der Waals surface area contributed by atoms with Crippen LogP contribution in [0.2, 0.25) is 0 Å². The summed E-state index contributed by atoms with van der Waals surface area (Å²) in [5.74, 6) is 0. The minimum absolute atomic E-state index is 1.07. The van der Waals surface area contributed by atoms with E-state index >= 15 is 0 Å². The van der Waals surface area contributed by atoms with E-state index in [1.165, 1.54) is 5.56 Å². The van der Waals surface area contributed by atoms with Crippen LogP contribution in [0.3, 0.4) is 0 Å². The van der Waals surface area contributed by atoms with Crippen LogP contribution in [0.25, 0.3) is 0 Å². The van der Waals surface area contributed by atoms with Crippen molar-refractivity contribution in [3.63, 3.8) is 0 Å². The number of aromatic nitrogens is 2. The summed E-state index contributed by atoms with van der Waals surface area (Å²) in [4.78, 5) is 7.86. The number of hydrogen-bond donors (Lipinski definition) is 0. The summed E-state index contributed by atoms with van der Waals surface area (Å²) in [6.07, 6.45) is 5.39. The minimum Gasteiger partial charge on any atom is -0.264 e. The van der Waals surface area contributed by atoms with Crippen LogP contribution in [0.5, 0.6) is 0 Å². The van der Waals surface area contributed by atoms with E-state index in [0.29, 0.717) is 0 Å². The van der Waals surface area contributed by atoms with Crippen molar-refractivity contribution in [2.75, 3.05) is 0 Å². The van der Waals surface area contributed by atoms with Gasteiger partial charge in [0.2, 0.25) is 0 Å². The van der Waals surface area contributed by atoms with Crippen molar-refractivity contribution in [2.24, 2.45) is 0 Å². The SMILES string of the molecule is Cc1ccccn1.Cc1cccnc1.c1ccccc1.